The first kappa shape index (κ1) is 19.9. The molecule has 2 heterocycles. The number of aromatic nitrogens is 1. The molecule has 1 aromatic heterocycles. The van der Waals surface area contributed by atoms with Crippen molar-refractivity contribution >= 4 is 17.5 Å². The van der Waals surface area contributed by atoms with Crippen LogP contribution in [0.4, 0.5) is 5.82 Å². The summed E-state index contributed by atoms with van der Waals surface area (Å²) in [5, 5.41) is 15.9. The fourth-order valence-electron chi connectivity index (χ4n) is 4.33. The maximum Gasteiger partial charge on any atom is 0.255 e. The molecule has 0 radical (unpaired) electrons. The molecule has 1 aliphatic carbocycles. The summed E-state index contributed by atoms with van der Waals surface area (Å²) < 4.78 is 0. The van der Waals surface area contributed by atoms with Crippen molar-refractivity contribution in [2.45, 2.75) is 39.5 Å². The highest BCUT2D eigenvalue weighted by atomic mass is 16.3. The number of hydrogen-bond acceptors (Lipinski definition) is 5. The summed E-state index contributed by atoms with van der Waals surface area (Å²) in [5.41, 5.74) is 4.35. The molecular formula is C24H25N3O3. The van der Waals surface area contributed by atoms with E-state index in [1.165, 1.54) is 0 Å². The van der Waals surface area contributed by atoms with E-state index in [1.54, 1.807) is 30.3 Å². The van der Waals surface area contributed by atoms with Gasteiger partial charge in [-0.25, -0.2) is 4.98 Å². The highest BCUT2D eigenvalue weighted by Crippen LogP contribution is 2.43. The number of hydrogen-bond donors (Lipinski definition) is 3. The van der Waals surface area contributed by atoms with E-state index in [2.05, 4.69) is 22.5 Å². The van der Waals surface area contributed by atoms with Gasteiger partial charge in [-0.05, 0) is 56.0 Å². The van der Waals surface area contributed by atoms with Gasteiger partial charge in [0.05, 0.1) is 0 Å². The number of allylic oxidation sites excluding steroid dienone is 3. The average molecular weight is 403 g/mol. The van der Waals surface area contributed by atoms with E-state index in [0.29, 0.717) is 23.4 Å². The predicted octanol–water partition coefficient (Wildman–Crippen LogP) is 3.95. The largest absolute Gasteiger partial charge is 0.508 e. The predicted molar refractivity (Wildman–Crippen MR) is 115 cm³/mol. The Bertz CT molecular complexity index is 1080. The number of dihydropyridines is 1. The van der Waals surface area contributed by atoms with Crippen LogP contribution in [0.1, 0.15) is 43.9 Å². The zero-order valence-corrected chi connectivity index (χ0v) is 17.3. The van der Waals surface area contributed by atoms with Gasteiger partial charge in [-0.15, -0.1) is 0 Å². The number of pyridine rings is 1. The number of rotatable bonds is 3. The fraction of sp³-hybridized carbons (Fsp3) is 0.292. The minimum Gasteiger partial charge on any atom is -0.508 e. The SMILES string of the molecule is CC1=C(C(=O)Nc2cccc(C)n2)[C@@H](c2ccc(O)cc2)C2=C(C[C@@H](C)CC2=O)N1. The van der Waals surface area contributed by atoms with Gasteiger partial charge in [-0.3, -0.25) is 9.59 Å². The van der Waals surface area contributed by atoms with Gasteiger partial charge < -0.3 is 15.7 Å². The molecule has 1 amide bonds. The number of amides is 1. The lowest BCUT2D eigenvalue weighted by Crippen LogP contribution is -2.37. The lowest BCUT2D eigenvalue weighted by atomic mass is 9.73. The van der Waals surface area contributed by atoms with Crippen LogP contribution in [0.15, 0.2) is 65.0 Å². The van der Waals surface area contributed by atoms with E-state index in [4.69, 9.17) is 0 Å². The molecule has 3 N–H and O–H groups in total. The maximum absolute atomic E-state index is 13.4. The van der Waals surface area contributed by atoms with Gasteiger partial charge in [0.15, 0.2) is 5.78 Å². The molecule has 30 heavy (non-hydrogen) atoms. The highest BCUT2D eigenvalue weighted by Gasteiger charge is 2.39. The normalized spacial score (nSPS) is 21.2. The van der Waals surface area contributed by atoms with E-state index in [9.17, 15) is 14.7 Å². The number of aryl methyl sites for hydroxylation is 1. The van der Waals surface area contributed by atoms with Crippen molar-refractivity contribution in [3.05, 3.63) is 76.3 Å². The van der Waals surface area contributed by atoms with Crippen LogP contribution in [-0.4, -0.2) is 21.8 Å². The number of benzene rings is 1. The number of Topliss-reactive ketones (excluding diaryl/α,β-unsaturated/α-hetero) is 1. The van der Waals surface area contributed by atoms with Crippen LogP contribution >= 0.6 is 0 Å². The molecule has 6 heteroatoms. The molecule has 1 aromatic carbocycles. The van der Waals surface area contributed by atoms with Gasteiger partial charge in [-0.2, -0.15) is 0 Å². The van der Waals surface area contributed by atoms with Crippen molar-refractivity contribution in [3.63, 3.8) is 0 Å². The van der Waals surface area contributed by atoms with Gasteiger partial charge in [-0.1, -0.05) is 25.1 Å². The summed E-state index contributed by atoms with van der Waals surface area (Å²) in [4.78, 5) is 30.8. The summed E-state index contributed by atoms with van der Waals surface area (Å²) in [6.07, 6.45) is 1.23. The zero-order chi connectivity index (χ0) is 21.4. The molecule has 2 atom stereocenters. The second-order valence-corrected chi connectivity index (χ2v) is 8.14. The Balaban J connectivity index is 1.79. The zero-order valence-electron chi connectivity index (χ0n) is 17.3. The first-order valence-corrected chi connectivity index (χ1v) is 10.1. The third kappa shape index (κ3) is 3.73. The van der Waals surface area contributed by atoms with Gasteiger partial charge in [0.25, 0.3) is 5.91 Å². The van der Waals surface area contributed by atoms with Crippen LogP contribution in [0.3, 0.4) is 0 Å². The Kier molecular flexibility index (Phi) is 5.16. The Morgan fingerprint density at radius 2 is 1.87 bits per heavy atom. The van der Waals surface area contributed by atoms with Crippen molar-refractivity contribution in [2.75, 3.05) is 5.32 Å². The van der Waals surface area contributed by atoms with E-state index >= 15 is 0 Å². The van der Waals surface area contributed by atoms with E-state index in [1.807, 2.05) is 26.0 Å². The van der Waals surface area contributed by atoms with Crippen LogP contribution in [0.25, 0.3) is 0 Å². The highest BCUT2D eigenvalue weighted by molar-refractivity contribution is 6.09. The molecule has 0 spiro atoms. The molecule has 6 nitrogen and oxygen atoms in total. The number of anilines is 1. The van der Waals surface area contributed by atoms with Crippen molar-refractivity contribution in [2.24, 2.45) is 5.92 Å². The molecule has 4 rings (SSSR count). The minimum absolute atomic E-state index is 0.0563. The maximum atomic E-state index is 13.4. The minimum atomic E-state index is -0.494. The van der Waals surface area contributed by atoms with E-state index in [-0.39, 0.29) is 23.4 Å². The number of nitrogens with one attached hydrogen (secondary N) is 2. The third-order valence-corrected chi connectivity index (χ3v) is 5.63. The molecule has 2 aliphatic rings. The van der Waals surface area contributed by atoms with Crippen LogP contribution in [0.2, 0.25) is 0 Å². The van der Waals surface area contributed by atoms with Crippen LogP contribution < -0.4 is 10.6 Å². The summed E-state index contributed by atoms with van der Waals surface area (Å²) >= 11 is 0. The molecule has 0 unspecified atom stereocenters. The molecular weight excluding hydrogens is 378 g/mol. The number of ketones is 1. The molecule has 0 saturated heterocycles. The number of aromatic hydroxyl groups is 1. The number of phenolic OH excluding ortho intramolecular Hbond substituents is 1. The third-order valence-electron chi connectivity index (χ3n) is 5.63. The molecule has 0 saturated carbocycles. The van der Waals surface area contributed by atoms with E-state index < -0.39 is 5.92 Å². The van der Waals surface area contributed by atoms with Crippen molar-refractivity contribution < 1.29 is 14.7 Å². The second kappa shape index (κ2) is 7.78. The van der Waals surface area contributed by atoms with Crippen LogP contribution in [-0.2, 0) is 9.59 Å². The van der Waals surface area contributed by atoms with Gasteiger partial charge in [0.2, 0.25) is 0 Å². The molecule has 1 aliphatic heterocycles. The molecule has 2 aromatic rings. The van der Waals surface area contributed by atoms with Crippen molar-refractivity contribution in [3.8, 4) is 5.75 Å². The molecule has 154 valence electrons. The van der Waals surface area contributed by atoms with Gasteiger partial charge in [0, 0.05) is 40.6 Å². The second-order valence-electron chi connectivity index (χ2n) is 8.14. The Morgan fingerprint density at radius 3 is 2.57 bits per heavy atom. The lowest BCUT2D eigenvalue weighted by molar-refractivity contribution is -0.117. The van der Waals surface area contributed by atoms with Crippen molar-refractivity contribution in [1.29, 1.82) is 0 Å². The summed E-state index contributed by atoms with van der Waals surface area (Å²) in [5.74, 6) is 0.125. The summed E-state index contributed by atoms with van der Waals surface area (Å²) in [6.45, 7) is 5.78. The number of phenols is 1. The fourth-order valence-corrected chi connectivity index (χ4v) is 4.33. The number of carbonyl (C=O) groups excluding carboxylic acids is 2. The Labute approximate surface area is 175 Å². The summed E-state index contributed by atoms with van der Waals surface area (Å²) in [6, 6.07) is 12.1. The standard InChI is InChI=1S/C24H25N3O3/c1-13-11-18-23(19(29)12-13)22(16-7-9-17(28)10-8-16)21(15(3)26-18)24(30)27-20-6-4-5-14(2)25-20/h4-10,13,22,26,28H,11-12H2,1-3H3,(H,25,27,30)/t13-,22-/m1/s1. The number of carbonyl (C=O) groups is 2. The lowest BCUT2D eigenvalue weighted by Gasteiger charge is -2.36. The van der Waals surface area contributed by atoms with Gasteiger partial charge >= 0.3 is 0 Å². The van der Waals surface area contributed by atoms with Gasteiger partial charge in [0.1, 0.15) is 11.6 Å². The Morgan fingerprint density at radius 1 is 1.13 bits per heavy atom. The quantitative estimate of drug-likeness (QED) is 0.722. The first-order chi connectivity index (χ1) is 14.3. The molecule has 0 bridgehead atoms. The van der Waals surface area contributed by atoms with Crippen LogP contribution in [0.5, 0.6) is 5.75 Å². The average Bonchev–Trinajstić information content (AvgIpc) is 2.67. The van der Waals surface area contributed by atoms with Crippen molar-refractivity contribution in [1.82, 2.24) is 10.3 Å². The van der Waals surface area contributed by atoms with E-state index in [0.717, 1.165) is 29.1 Å². The topological polar surface area (TPSA) is 91.3 Å². The summed E-state index contributed by atoms with van der Waals surface area (Å²) in [7, 11) is 0. The Hall–Kier alpha value is -3.41. The monoisotopic (exact) mass is 403 g/mol. The smallest absolute Gasteiger partial charge is 0.255 e. The first-order valence-electron chi connectivity index (χ1n) is 10.1. The molecule has 0 fully saturated rings. The number of nitrogens with zero attached hydrogens (tertiary/aromatic N) is 1. The van der Waals surface area contributed by atoms with Crippen LogP contribution in [0, 0.1) is 12.8 Å².